The zero-order chi connectivity index (χ0) is 40.0. The van der Waals surface area contributed by atoms with Crippen molar-refractivity contribution in [2.24, 2.45) is 0 Å². The van der Waals surface area contributed by atoms with Gasteiger partial charge in [-0.25, -0.2) is 15.0 Å². The molecule has 0 amide bonds. The van der Waals surface area contributed by atoms with Gasteiger partial charge in [0.25, 0.3) is 0 Å². The van der Waals surface area contributed by atoms with Gasteiger partial charge in [0.2, 0.25) is 0 Å². The quantitative estimate of drug-likeness (QED) is 0.175. The second-order valence-corrected chi connectivity index (χ2v) is 15.6. The average Bonchev–Trinajstić information content (AvgIpc) is 3.85. The fraction of sp³-hybridized carbons (Fsp3) is 0. The zero-order valence-corrected chi connectivity index (χ0v) is 32.7. The smallest absolute Gasteiger partial charge is 0.164 e. The summed E-state index contributed by atoms with van der Waals surface area (Å²) in [6.45, 7) is 0. The Labute approximate surface area is 350 Å². The number of hydrogen-bond donors (Lipinski definition) is 0. The second kappa shape index (κ2) is 13.1. The lowest BCUT2D eigenvalue weighted by molar-refractivity contribution is 0.487. The molecule has 61 heavy (non-hydrogen) atoms. The molecule has 13 rings (SSSR count). The van der Waals surface area contributed by atoms with E-state index in [1.54, 1.807) is 0 Å². The molecule has 6 heteroatoms. The van der Waals surface area contributed by atoms with Gasteiger partial charge in [0.05, 0.1) is 27.8 Å². The van der Waals surface area contributed by atoms with E-state index < -0.39 is 0 Å². The van der Waals surface area contributed by atoms with Gasteiger partial charge < -0.3 is 13.9 Å². The van der Waals surface area contributed by atoms with Gasteiger partial charge in [-0.2, -0.15) is 0 Å². The molecule has 284 valence electrons. The summed E-state index contributed by atoms with van der Waals surface area (Å²) < 4.78 is 11.6. The highest BCUT2D eigenvalue weighted by Crippen LogP contribution is 2.50. The fourth-order valence-electron chi connectivity index (χ4n) is 9.52. The lowest BCUT2D eigenvalue weighted by Gasteiger charge is -2.23. The second-order valence-electron chi connectivity index (χ2n) is 15.6. The fourth-order valence-corrected chi connectivity index (χ4v) is 9.52. The molecule has 0 unspecified atom stereocenters. The molecule has 0 saturated heterocycles. The normalized spacial score (nSPS) is 12.1. The predicted octanol–water partition coefficient (Wildman–Crippen LogP) is 14.0. The molecule has 0 saturated carbocycles. The van der Waals surface area contributed by atoms with Crippen LogP contribution in [0.2, 0.25) is 0 Å². The molecule has 12 aromatic rings. The van der Waals surface area contributed by atoms with Crippen molar-refractivity contribution in [2.75, 3.05) is 0 Å². The Kier molecular flexibility index (Phi) is 7.21. The molecule has 0 fully saturated rings. The van der Waals surface area contributed by atoms with Gasteiger partial charge >= 0.3 is 0 Å². The Morgan fingerprint density at radius 1 is 0.328 bits per heavy atom. The van der Waals surface area contributed by atoms with E-state index in [0.717, 1.165) is 72.5 Å². The first-order valence-electron chi connectivity index (χ1n) is 20.5. The molecular formula is C55H33N5O. The maximum absolute atomic E-state index is 6.76. The molecule has 1 aliphatic rings. The van der Waals surface area contributed by atoms with Crippen LogP contribution in [0.4, 0.5) is 0 Å². The van der Waals surface area contributed by atoms with E-state index in [9.17, 15) is 0 Å². The molecule has 6 nitrogen and oxygen atoms in total. The van der Waals surface area contributed by atoms with E-state index in [0.29, 0.717) is 17.5 Å². The summed E-state index contributed by atoms with van der Waals surface area (Å²) in [5.74, 6) is 3.49. The minimum atomic E-state index is 0.604. The van der Waals surface area contributed by atoms with Crippen molar-refractivity contribution in [1.82, 2.24) is 24.1 Å². The van der Waals surface area contributed by atoms with E-state index in [1.165, 1.54) is 32.6 Å². The first-order chi connectivity index (χ1) is 30.3. The number of ether oxygens (including phenoxy) is 1. The average molecular weight is 780 g/mol. The molecule has 0 aliphatic carbocycles. The summed E-state index contributed by atoms with van der Waals surface area (Å²) in [6.07, 6.45) is 0. The van der Waals surface area contributed by atoms with E-state index in [1.807, 2.05) is 72.8 Å². The number of fused-ring (bicyclic) bond motifs is 9. The first kappa shape index (κ1) is 33.6. The summed E-state index contributed by atoms with van der Waals surface area (Å²) >= 11 is 0. The summed E-state index contributed by atoms with van der Waals surface area (Å²) in [7, 11) is 0. The Bertz CT molecular complexity index is 3660. The van der Waals surface area contributed by atoms with E-state index in [-0.39, 0.29) is 0 Å². The highest BCUT2D eigenvalue weighted by molar-refractivity contribution is 6.29. The zero-order valence-electron chi connectivity index (χ0n) is 32.7. The van der Waals surface area contributed by atoms with Gasteiger partial charge in [0.15, 0.2) is 17.5 Å². The summed E-state index contributed by atoms with van der Waals surface area (Å²) in [4.78, 5) is 15.0. The largest absolute Gasteiger partial charge is 0.456 e. The SMILES string of the molecule is c1ccc(-c2nc(-c3ccccc3)nc(-c3ccc4c(c3)-c3cccc5c(-n6c7ccccc7c7c8c9ccccc9n(-c9ccccc9)c8ccc76)ccc(c35)O4)n2)cc1. The summed E-state index contributed by atoms with van der Waals surface area (Å²) in [5.41, 5.74) is 11.8. The van der Waals surface area contributed by atoms with E-state index >= 15 is 0 Å². The van der Waals surface area contributed by atoms with Crippen LogP contribution in [0.5, 0.6) is 11.5 Å². The van der Waals surface area contributed by atoms with Crippen LogP contribution in [0.1, 0.15) is 0 Å². The molecule has 3 aromatic heterocycles. The molecule has 0 atom stereocenters. The van der Waals surface area contributed by atoms with Gasteiger partial charge in [-0.3, -0.25) is 0 Å². The monoisotopic (exact) mass is 779 g/mol. The molecule has 0 spiro atoms. The molecule has 0 N–H and O–H groups in total. The number of rotatable bonds is 5. The lowest BCUT2D eigenvalue weighted by atomic mass is 9.92. The Morgan fingerprint density at radius 2 is 0.852 bits per heavy atom. The number of benzene rings is 9. The molecule has 0 radical (unpaired) electrons. The molecule has 0 bridgehead atoms. The van der Waals surface area contributed by atoms with Crippen molar-refractivity contribution in [3.05, 3.63) is 200 Å². The van der Waals surface area contributed by atoms with Crippen LogP contribution >= 0.6 is 0 Å². The Hall–Kier alpha value is -8.35. The minimum Gasteiger partial charge on any atom is -0.456 e. The van der Waals surface area contributed by atoms with Gasteiger partial charge in [0, 0.05) is 60.3 Å². The van der Waals surface area contributed by atoms with Crippen LogP contribution in [0.3, 0.4) is 0 Å². The third kappa shape index (κ3) is 5.06. The van der Waals surface area contributed by atoms with Gasteiger partial charge in [0.1, 0.15) is 11.5 Å². The predicted molar refractivity (Wildman–Crippen MR) is 248 cm³/mol. The maximum Gasteiger partial charge on any atom is 0.164 e. The van der Waals surface area contributed by atoms with E-state index in [4.69, 9.17) is 19.7 Å². The van der Waals surface area contributed by atoms with Crippen LogP contribution in [0.15, 0.2) is 200 Å². The van der Waals surface area contributed by atoms with Crippen LogP contribution in [0, 0.1) is 0 Å². The van der Waals surface area contributed by atoms with Crippen LogP contribution in [-0.2, 0) is 0 Å². The summed E-state index contributed by atoms with van der Waals surface area (Å²) in [5, 5.41) is 7.13. The van der Waals surface area contributed by atoms with Crippen LogP contribution < -0.4 is 4.74 Å². The van der Waals surface area contributed by atoms with Crippen molar-refractivity contribution < 1.29 is 4.74 Å². The summed E-state index contributed by atoms with van der Waals surface area (Å²) in [6, 6.07) is 70.2. The van der Waals surface area contributed by atoms with Crippen LogP contribution in [0.25, 0.3) is 111 Å². The van der Waals surface area contributed by atoms with Gasteiger partial charge in [-0.15, -0.1) is 0 Å². The third-order valence-corrected chi connectivity index (χ3v) is 12.2. The van der Waals surface area contributed by atoms with Crippen molar-refractivity contribution >= 4 is 54.4 Å². The Balaban J connectivity index is 1.02. The van der Waals surface area contributed by atoms with Gasteiger partial charge in [-0.05, 0) is 72.3 Å². The third-order valence-electron chi connectivity index (χ3n) is 12.2. The Morgan fingerprint density at radius 3 is 1.51 bits per heavy atom. The molecule has 4 heterocycles. The maximum atomic E-state index is 6.76. The topological polar surface area (TPSA) is 57.8 Å². The number of nitrogens with zero attached hydrogens (tertiary/aromatic N) is 5. The molecule has 1 aliphatic heterocycles. The molecular weight excluding hydrogens is 747 g/mol. The highest BCUT2D eigenvalue weighted by atomic mass is 16.5. The highest BCUT2D eigenvalue weighted by Gasteiger charge is 2.26. The van der Waals surface area contributed by atoms with Crippen molar-refractivity contribution in [3.63, 3.8) is 0 Å². The standard InChI is InChI=1S/C55H33N5O/c1-4-15-34(16-5-1)53-56-54(35-17-6-2-7-18-35)58-55(57-53)36-27-31-48-42(33-36)38-23-14-24-39-45(30-32-49(61-48)50(38)39)60-44-26-13-11-22-41(44)52-47(60)29-28-46-51(52)40-21-10-12-25-43(40)59(46)37-19-8-3-9-20-37/h1-33H. The van der Waals surface area contributed by atoms with Gasteiger partial charge in [-0.1, -0.05) is 133 Å². The minimum absolute atomic E-state index is 0.604. The lowest BCUT2D eigenvalue weighted by Crippen LogP contribution is -2.02. The van der Waals surface area contributed by atoms with Crippen molar-refractivity contribution in [2.45, 2.75) is 0 Å². The number of aromatic nitrogens is 5. The van der Waals surface area contributed by atoms with Crippen molar-refractivity contribution in [1.29, 1.82) is 0 Å². The number of para-hydroxylation sites is 3. The number of hydrogen-bond acceptors (Lipinski definition) is 4. The van der Waals surface area contributed by atoms with E-state index in [2.05, 4.69) is 137 Å². The van der Waals surface area contributed by atoms with Crippen LogP contribution in [-0.4, -0.2) is 24.1 Å². The molecule has 9 aromatic carbocycles. The van der Waals surface area contributed by atoms with Crippen molar-refractivity contribution in [3.8, 4) is 68.2 Å². The first-order valence-corrected chi connectivity index (χ1v) is 20.5.